The van der Waals surface area contributed by atoms with E-state index in [1.54, 1.807) is 6.07 Å². The molecule has 1 aliphatic carbocycles. The minimum Gasteiger partial charge on any atom is -0.395 e. The van der Waals surface area contributed by atoms with Crippen LogP contribution in [0.25, 0.3) is 0 Å². The maximum Gasteiger partial charge on any atom is 0.228 e. The van der Waals surface area contributed by atoms with E-state index in [0.717, 1.165) is 5.56 Å². The molecule has 1 saturated carbocycles. The molecule has 0 aliphatic heterocycles. The number of thioether (sulfide) groups is 1. The highest BCUT2D eigenvalue weighted by molar-refractivity contribution is 7.99. The molecule has 0 amide bonds. The molecule has 142 valence electrons. The molecule has 0 saturated heterocycles. The van der Waals surface area contributed by atoms with Gasteiger partial charge in [0.15, 0.2) is 5.16 Å². The van der Waals surface area contributed by atoms with E-state index in [1.807, 2.05) is 6.92 Å². The highest BCUT2D eigenvalue weighted by Gasteiger charge is 2.13. The first-order valence-electron chi connectivity index (χ1n) is 8.37. The average Bonchev–Trinajstić information content (AvgIpc) is 2.53. The van der Waals surface area contributed by atoms with Crippen molar-refractivity contribution in [3.8, 4) is 0 Å². The largest absolute Gasteiger partial charge is 0.395 e. The van der Waals surface area contributed by atoms with Gasteiger partial charge in [-0.3, -0.25) is 0 Å². The van der Waals surface area contributed by atoms with Gasteiger partial charge in [0.2, 0.25) is 11.2 Å². The summed E-state index contributed by atoms with van der Waals surface area (Å²) in [6.07, 6.45) is 6.00. The second-order valence-electron chi connectivity index (χ2n) is 5.71. The average molecular weight is 419 g/mol. The van der Waals surface area contributed by atoms with Gasteiger partial charge in [-0.25, -0.2) is 4.39 Å². The third kappa shape index (κ3) is 6.87. The number of halogens is 3. The topological polar surface area (TPSA) is 70.9 Å². The number of aliphatic hydroxyl groups excluding tert-OH is 1. The van der Waals surface area contributed by atoms with Crippen molar-refractivity contribution in [3.05, 3.63) is 39.9 Å². The van der Waals surface area contributed by atoms with E-state index in [2.05, 4.69) is 20.3 Å². The van der Waals surface area contributed by atoms with Gasteiger partial charge < -0.3 is 10.4 Å². The van der Waals surface area contributed by atoms with Gasteiger partial charge in [0.1, 0.15) is 5.82 Å². The summed E-state index contributed by atoms with van der Waals surface area (Å²) >= 11 is 12.8. The molecular formula is C17H21Cl2FN4OS. The maximum absolute atomic E-state index is 13.5. The fourth-order valence-electron chi connectivity index (χ4n) is 1.87. The van der Waals surface area contributed by atoms with Crippen molar-refractivity contribution in [2.75, 3.05) is 18.5 Å². The Hall–Kier alpha value is -1.15. The summed E-state index contributed by atoms with van der Waals surface area (Å²) in [5, 5.41) is 12.0. The Morgan fingerprint density at radius 3 is 2.46 bits per heavy atom. The maximum atomic E-state index is 13.5. The molecule has 1 aromatic heterocycles. The molecule has 2 N–H and O–H groups in total. The van der Waals surface area contributed by atoms with Crippen LogP contribution in [0.15, 0.2) is 23.4 Å². The number of aromatic nitrogens is 3. The fourth-order valence-corrected chi connectivity index (χ4v) is 3.08. The molecule has 0 radical (unpaired) electrons. The Morgan fingerprint density at radius 2 is 1.88 bits per heavy atom. The molecule has 1 unspecified atom stereocenters. The minimum absolute atomic E-state index is 0.0485. The van der Waals surface area contributed by atoms with E-state index in [4.69, 9.17) is 28.3 Å². The molecule has 1 fully saturated rings. The number of aliphatic hydroxyl groups is 1. The molecule has 9 heteroatoms. The number of rotatable bonds is 6. The third-order valence-electron chi connectivity index (χ3n) is 3.68. The molecule has 2 aromatic rings. The number of hydrogen-bond acceptors (Lipinski definition) is 6. The highest BCUT2D eigenvalue weighted by Crippen LogP contribution is 2.34. The predicted molar refractivity (Wildman–Crippen MR) is 105 cm³/mol. The van der Waals surface area contributed by atoms with Crippen LogP contribution >= 0.6 is 35.0 Å². The van der Waals surface area contributed by atoms with E-state index < -0.39 is 5.82 Å². The molecule has 3 rings (SSSR count). The lowest BCUT2D eigenvalue weighted by molar-refractivity contribution is 0.310. The summed E-state index contributed by atoms with van der Waals surface area (Å²) in [5.74, 6) is -0.184. The van der Waals surface area contributed by atoms with Crippen molar-refractivity contribution in [3.63, 3.8) is 0 Å². The van der Waals surface area contributed by atoms with Crippen molar-refractivity contribution >= 4 is 40.9 Å². The summed E-state index contributed by atoms with van der Waals surface area (Å²) in [7, 11) is 0. The van der Waals surface area contributed by atoms with Gasteiger partial charge in [0.05, 0.1) is 11.6 Å². The Labute approximate surface area is 166 Å². The van der Waals surface area contributed by atoms with Crippen LogP contribution < -0.4 is 5.32 Å². The Balaban J connectivity index is 0.000000534. The zero-order valence-electron chi connectivity index (χ0n) is 14.4. The lowest BCUT2D eigenvalue weighted by atomic mass is 10.0. The van der Waals surface area contributed by atoms with Gasteiger partial charge in [-0.2, -0.15) is 15.0 Å². The highest BCUT2D eigenvalue weighted by atomic mass is 35.5. The van der Waals surface area contributed by atoms with Crippen molar-refractivity contribution in [1.29, 1.82) is 0 Å². The smallest absolute Gasteiger partial charge is 0.228 e. The number of anilines is 1. The van der Waals surface area contributed by atoms with Gasteiger partial charge in [-0.1, -0.05) is 55.1 Å². The van der Waals surface area contributed by atoms with Crippen LogP contribution in [0.3, 0.4) is 0 Å². The van der Waals surface area contributed by atoms with Gasteiger partial charge in [-0.15, -0.1) is 0 Å². The second-order valence-corrected chi connectivity index (χ2v) is 7.76. The molecule has 1 aromatic carbocycles. The van der Waals surface area contributed by atoms with Crippen molar-refractivity contribution < 1.29 is 9.50 Å². The van der Waals surface area contributed by atoms with Crippen molar-refractivity contribution in [2.45, 2.75) is 43.0 Å². The SMILES string of the molecule is C1CCC1.CC(Sc1nc(Cl)nc(NCCO)n1)c1ccc(Cl)c(F)c1. The number of hydrogen-bond donors (Lipinski definition) is 2. The minimum atomic E-state index is -0.467. The van der Waals surface area contributed by atoms with Crippen LogP contribution in [0.5, 0.6) is 0 Å². The first-order valence-corrected chi connectivity index (χ1v) is 10.0. The molecular weight excluding hydrogens is 398 g/mol. The second kappa shape index (κ2) is 10.9. The van der Waals surface area contributed by atoms with E-state index in [0.29, 0.717) is 11.7 Å². The van der Waals surface area contributed by atoms with Gasteiger partial charge in [0, 0.05) is 11.8 Å². The number of benzene rings is 1. The Kier molecular flexibility index (Phi) is 8.84. The van der Waals surface area contributed by atoms with E-state index in [9.17, 15) is 4.39 Å². The Morgan fingerprint density at radius 1 is 1.19 bits per heavy atom. The van der Waals surface area contributed by atoms with E-state index >= 15 is 0 Å². The van der Waals surface area contributed by atoms with Gasteiger partial charge >= 0.3 is 0 Å². The molecule has 1 atom stereocenters. The molecule has 1 aliphatic rings. The molecule has 1 heterocycles. The lowest BCUT2D eigenvalue weighted by Gasteiger charge is -2.12. The normalized spacial score (nSPS) is 14.0. The number of nitrogens with one attached hydrogen (secondary N) is 1. The zero-order valence-corrected chi connectivity index (χ0v) is 16.7. The summed E-state index contributed by atoms with van der Waals surface area (Å²) in [4.78, 5) is 12.1. The van der Waals surface area contributed by atoms with E-state index in [1.165, 1.54) is 49.6 Å². The van der Waals surface area contributed by atoms with Crippen LogP contribution in [0.2, 0.25) is 10.3 Å². The predicted octanol–water partition coefficient (Wildman–Crippen LogP) is 5.14. The van der Waals surface area contributed by atoms with Crippen LogP contribution in [0.1, 0.15) is 43.4 Å². The summed E-state index contributed by atoms with van der Waals surface area (Å²) in [6, 6.07) is 4.64. The fraction of sp³-hybridized carbons (Fsp3) is 0.471. The first-order chi connectivity index (χ1) is 12.5. The van der Waals surface area contributed by atoms with Gasteiger partial charge in [-0.05, 0) is 36.2 Å². The summed E-state index contributed by atoms with van der Waals surface area (Å²) < 4.78 is 13.5. The third-order valence-corrected chi connectivity index (χ3v) is 5.17. The van der Waals surface area contributed by atoms with Crippen LogP contribution in [-0.2, 0) is 0 Å². The van der Waals surface area contributed by atoms with Crippen molar-refractivity contribution in [1.82, 2.24) is 15.0 Å². The van der Waals surface area contributed by atoms with E-state index in [-0.39, 0.29) is 28.1 Å². The summed E-state index contributed by atoms with van der Waals surface area (Å²) in [6.45, 7) is 2.15. The lowest BCUT2D eigenvalue weighted by Crippen LogP contribution is -2.10. The van der Waals surface area contributed by atoms with Crippen LogP contribution in [0, 0.1) is 5.82 Å². The molecule has 5 nitrogen and oxygen atoms in total. The van der Waals surface area contributed by atoms with Crippen LogP contribution in [-0.4, -0.2) is 33.2 Å². The standard InChI is InChI=1S/C13H13Cl2FN4OS.C4H8/c1-7(8-2-3-9(14)10(16)6-8)22-13-19-11(15)18-12(20-13)17-4-5-21;1-2-4-3-1/h2-3,6-7,21H,4-5H2,1H3,(H,17,18,19,20);1-4H2. The first kappa shape index (κ1) is 21.2. The molecule has 26 heavy (non-hydrogen) atoms. The molecule has 0 spiro atoms. The summed E-state index contributed by atoms with van der Waals surface area (Å²) in [5.41, 5.74) is 0.758. The monoisotopic (exact) mass is 418 g/mol. The molecule has 0 bridgehead atoms. The zero-order chi connectivity index (χ0) is 18.9. The van der Waals surface area contributed by atoms with Gasteiger partial charge in [0.25, 0.3) is 0 Å². The Bertz CT molecular complexity index is 715. The quantitative estimate of drug-likeness (QED) is 0.633. The van der Waals surface area contributed by atoms with Crippen molar-refractivity contribution in [2.24, 2.45) is 0 Å². The van der Waals surface area contributed by atoms with Crippen LogP contribution in [0.4, 0.5) is 10.3 Å². The number of nitrogens with zero attached hydrogens (tertiary/aromatic N) is 3.